The summed E-state index contributed by atoms with van der Waals surface area (Å²) in [4.78, 5) is 4.57. The third-order valence-corrected chi connectivity index (χ3v) is 7.15. The molecule has 0 aliphatic carbocycles. The summed E-state index contributed by atoms with van der Waals surface area (Å²) in [6, 6.07) is 0. The lowest BCUT2D eigenvalue weighted by Gasteiger charge is -2.22. The maximum Gasteiger partial charge on any atom is 0.253 e. The van der Waals surface area contributed by atoms with Gasteiger partial charge in [0.1, 0.15) is 11.4 Å². The second-order valence-electron chi connectivity index (χ2n) is 9.33. The summed E-state index contributed by atoms with van der Waals surface area (Å²) in [7, 11) is 4.24. The smallest absolute Gasteiger partial charge is 0.253 e. The zero-order valence-corrected chi connectivity index (χ0v) is 23.5. The van der Waals surface area contributed by atoms with Crippen molar-refractivity contribution in [2.75, 3.05) is 79.9 Å². The van der Waals surface area contributed by atoms with Gasteiger partial charge in [0.2, 0.25) is 0 Å². The van der Waals surface area contributed by atoms with Gasteiger partial charge in [-0.15, -0.1) is 8.75 Å². The highest BCUT2D eigenvalue weighted by molar-refractivity contribution is 6.99. The lowest BCUT2D eigenvalue weighted by atomic mass is 10.1. The number of hydrogen-bond acceptors (Lipinski definition) is 12. The van der Waals surface area contributed by atoms with E-state index in [9.17, 15) is 0 Å². The summed E-state index contributed by atoms with van der Waals surface area (Å²) in [5.41, 5.74) is 4.18. The maximum absolute atomic E-state index is 5.87. The Morgan fingerprint density at radius 2 is 1.08 bits per heavy atom. The van der Waals surface area contributed by atoms with E-state index in [1.807, 2.05) is 0 Å². The lowest BCUT2D eigenvalue weighted by Crippen LogP contribution is -2.25. The van der Waals surface area contributed by atoms with Crippen molar-refractivity contribution < 1.29 is 18.9 Å². The molecule has 2 aromatic heterocycles. The molecule has 12 heteroatoms. The molecule has 0 amide bonds. The molecule has 2 aromatic rings. The fraction of sp³-hybridized carbons (Fsp3) is 0.680. The largest absolute Gasteiger partial charge is 0.475 e. The van der Waals surface area contributed by atoms with Crippen molar-refractivity contribution in [1.82, 2.24) is 27.3 Å². The van der Waals surface area contributed by atoms with Crippen LogP contribution >= 0.6 is 23.5 Å². The number of rotatable bonds is 16. The minimum absolute atomic E-state index is 0.572. The summed E-state index contributed by atoms with van der Waals surface area (Å²) < 4.78 is 40.7. The van der Waals surface area contributed by atoms with E-state index in [4.69, 9.17) is 18.9 Å². The molecule has 0 radical (unpaired) electrons. The molecule has 2 aliphatic heterocycles. The Morgan fingerprint density at radius 1 is 0.649 bits per heavy atom. The van der Waals surface area contributed by atoms with Gasteiger partial charge in [0.25, 0.3) is 11.8 Å². The Bertz CT molecular complexity index is 933. The fourth-order valence-corrected chi connectivity index (χ4v) is 5.26. The predicted molar refractivity (Wildman–Crippen MR) is 146 cm³/mol. The van der Waals surface area contributed by atoms with Crippen LogP contribution in [0.5, 0.6) is 11.8 Å². The van der Waals surface area contributed by atoms with Crippen LogP contribution in [0.2, 0.25) is 0 Å². The number of ether oxygens (including phenoxy) is 4. The van der Waals surface area contributed by atoms with E-state index in [-0.39, 0.29) is 0 Å². The fourth-order valence-electron chi connectivity index (χ4n) is 4.20. The highest BCUT2D eigenvalue weighted by Crippen LogP contribution is 2.28. The molecule has 2 aliphatic rings. The Balaban J connectivity index is 0.981. The molecule has 0 saturated carbocycles. The average Bonchev–Trinajstić information content (AvgIpc) is 3.56. The SMILES string of the molecule is CN1CCC=C(c2nsnc2OCCCOCCCOCCCOc2nsnc2C2=CCCN(C)C2)C1. The van der Waals surface area contributed by atoms with Crippen LogP contribution in [-0.4, -0.2) is 107 Å². The average molecular weight is 551 g/mol. The van der Waals surface area contributed by atoms with Crippen molar-refractivity contribution >= 4 is 34.6 Å². The number of aromatic nitrogens is 4. The topological polar surface area (TPSA) is 95.0 Å². The zero-order chi connectivity index (χ0) is 25.7. The first-order valence-electron chi connectivity index (χ1n) is 13.0. The third kappa shape index (κ3) is 9.08. The third-order valence-electron chi connectivity index (χ3n) is 6.13. The van der Waals surface area contributed by atoms with Crippen LogP contribution in [-0.2, 0) is 9.47 Å². The van der Waals surface area contributed by atoms with Gasteiger partial charge in [0.05, 0.1) is 36.7 Å². The molecule has 0 bridgehead atoms. The van der Waals surface area contributed by atoms with Crippen LogP contribution < -0.4 is 9.47 Å². The summed E-state index contributed by atoms with van der Waals surface area (Å²) in [5.74, 6) is 1.29. The quantitative estimate of drug-likeness (QED) is 0.289. The highest BCUT2D eigenvalue weighted by atomic mass is 32.1. The molecule has 0 fully saturated rings. The highest BCUT2D eigenvalue weighted by Gasteiger charge is 2.19. The second kappa shape index (κ2) is 15.5. The van der Waals surface area contributed by atoms with Gasteiger partial charge in [-0.25, -0.2) is 0 Å². The number of hydrogen-bond donors (Lipinski definition) is 0. The van der Waals surface area contributed by atoms with Crippen molar-refractivity contribution in [3.8, 4) is 11.8 Å². The van der Waals surface area contributed by atoms with Gasteiger partial charge < -0.3 is 28.7 Å². The van der Waals surface area contributed by atoms with E-state index in [1.165, 1.54) is 34.6 Å². The van der Waals surface area contributed by atoms with Crippen molar-refractivity contribution in [3.63, 3.8) is 0 Å². The van der Waals surface area contributed by atoms with E-state index in [0.29, 0.717) is 51.4 Å². The summed E-state index contributed by atoms with van der Waals surface area (Å²) in [5, 5.41) is 0. The molecule has 204 valence electrons. The standard InChI is InChI=1S/C25H38N6O4S2/c1-30-10-3-8-20(18-30)22-24(28-36-26-22)34-16-6-14-32-12-5-13-33-15-7-17-35-25-23(27-37-29-25)21-9-4-11-31(2)19-21/h8-9H,3-7,10-19H2,1-2H3. The first-order valence-corrected chi connectivity index (χ1v) is 14.5. The van der Waals surface area contributed by atoms with Crippen LogP contribution in [0.3, 0.4) is 0 Å². The molecule has 0 atom stereocenters. The van der Waals surface area contributed by atoms with Crippen LogP contribution in [0.15, 0.2) is 12.2 Å². The van der Waals surface area contributed by atoms with E-state index >= 15 is 0 Å². The van der Waals surface area contributed by atoms with Gasteiger partial charge in [0.15, 0.2) is 0 Å². The molecule has 10 nitrogen and oxygen atoms in total. The monoisotopic (exact) mass is 550 g/mol. The molecule has 0 N–H and O–H groups in total. The molecular weight excluding hydrogens is 512 g/mol. The molecule has 0 unspecified atom stereocenters. The van der Waals surface area contributed by atoms with E-state index in [1.54, 1.807) is 0 Å². The van der Waals surface area contributed by atoms with E-state index < -0.39 is 0 Å². The van der Waals surface area contributed by atoms with Gasteiger partial charge in [-0.05, 0) is 44.5 Å². The first kappa shape index (κ1) is 28.1. The van der Waals surface area contributed by atoms with Gasteiger partial charge in [-0.3, -0.25) is 0 Å². The Hall–Kier alpha value is -1.96. The molecular formula is C25H38N6O4S2. The van der Waals surface area contributed by atoms with Crippen molar-refractivity contribution in [2.45, 2.75) is 32.1 Å². The normalized spacial score (nSPS) is 17.0. The second-order valence-corrected chi connectivity index (χ2v) is 10.4. The first-order chi connectivity index (χ1) is 18.2. The van der Waals surface area contributed by atoms with E-state index in [2.05, 4.69) is 53.5 Å². The Labute approximate surface area is 227 Å². The van der Waals surface area contributed by atoms with E-state index in [0.717, 1.165) is 69.7 Å². The van der Waals surface area contributed by atoms with Crippen LogP contribution in [0.1, 0.15) is 43.5 Å². The van der Waals surface area contributed by atoms with Gasteiger partial charge in [-0.2, -0.15) is 8.75 Å². The van der Waals surface area contributed by atoms with Crippen molar-refractivity contribution in [3.05, 3.63) is 23.5 Å². The maximum atomic E-state index is 5.87. The van der Waals surface area contributed by atoms with Crippen LogP contribution in [0, 0.1) is 0 Å². The van der Waals surface area contributed by atoms with Gasteiger partial charge in [0, 0.05) is 65.4 Å². The zero-order valence-electron chi connectivity index (χ0n) is 21.9. The van der Waals surface area contributed by atoms with Crippen LogP contribution in [0.4, 0.5) is 0 Å². The van der Waals surface area contributed by atoms with Gasteiger partial charge >= 0.3 is 0 Å². The molecule has 4 heterocycles. The minimum atomic E-state index is 0.572. The Morgan fingerprint density at radius 3 is 1.51 bits per heavy atom. The Kier molecular flexibility index (Phi) is 11.7. The summed E-state index contributed by atoms with van der Waals surface area (Å²) >= 11 is 2.41. The van der Waals surface area contributed by atoms with Crippen molar-refractivity contribution in [2.24, 2.45) is 0 Å². The number of nitrogens with zero attached hydrogens (tertiary/aromatic N) is 6. The molecule has 0 spiro atoms. The lowest BCUT2D eigenvalue weighted by molar-refractivity contribution is 0.0727. The van der Waals surface area contributed by atoms with Gasteiger partial charge in [-0.1, -0.05) is 12.2 Å². The summed E-state index contributed by atoms with van der Waals surface area (Å²) in [6.07, 6.45) is 9.05. The molecule has 4 rings (SSSR count). The number of likely N-dealkylation sites (N-methyl/N-ethyl adjacent to an activating group) is 2. The predicted octanol–water partition coefficient (Wildman–Crippen LogP) is 3.49. The molecule has 37 heavy (non-hydrogen) atoms. The van der Waals surface area contributed by atoms with Crippen LogP contribution in [0.25, 0.3) is 11.1 Å². The van der Waals surface area contributed by atoms with Crippen molar-refractivity contribution in [1.29, 1.82) is 0 Å². The summed E-state index contributed by atoms with van der Waals surface area (Å²) in [6.45, 7) is 7.75. The molecule has 0 saturated heterocycles. The molecule has 0 aromatic carbocycles. The minimum Gasteiger partial charge on any atom is -0.475 e.